The molecule has 1 atom stereocenters. The number of phosphoric ester groups is 1. The zero-order valence-corrected chi connectivity index (χ0v) is 19.1. The normalized spacial score (nSPS) is 12.7. The molecule has 0 aromatic heterocycles. The molecule has 0 fully saturated rings. The quantitative estimate of drug-likeness (QED) is 0.0698. The fraction of sp³-hybridized carbons (Fsp3) is 0.857. The first kappa shape index (κ1) is 27.3. The smallest absolute Gasteiger partial charge is 0.432 e. The Kier molecular flexibility index (Phi) is 17.9. The van der Waals surface area contributed by atoms with E-state index >= 15 is 0 Å². The van der Waals surface area contributed by atoms with Crippen molar-refractivity contribution >= 4 is 13.8 Å². The lowest BCUT2D eigenvalue weighted by Gasteiger charge is -2.21. The van der Waals surface area contributed by atoms with Gasteiger partial charge in [0.25, 0.3) is 0 Å². The highest BCUT2D eigenvalue weighted by Gasteiger charge is 2.30. The van der Waals surface area contributed by atoms with Crippen LogP contribution in [0.15, 0.2) is 12.7 Å². The van der Waals surface area contributed by atoms with Gasteiger partial charge in [0.1, 0.15) is 0 Å². The van der Waals surface area contributed by atoms with E-state index in [1.54, 1.807) is 0 Å². The first-order valence-electron chi connectivity index (χ1n) is 10.9. The van der Waals surface area contributed by atoms with Gasteiger partial charge < -0.3 is 4.74 Å². The largest absolute Gasteiger partial charge is 0.477 e. The molecular formula is C21H41O6P. The summed E-state index contributed by atoms with van der Waals surface area (Å²) in [6, 6.07) is 0. The van der Waals surface area contributed by atoms with Gasteiger partial charge in [0, 0.05) is 6.08 Å². The number of carbonyl (C=O) groups is 1. The molecular weight excluding hydrogens is 379 g/mol. The molecule has 0 saturated heterocycles. The molecule has 166 valence electrons. The fourth-order valence-electron chi connectivity index (χ4n) is 2.63. The monoisotopic (exact) mass is 420 g/mol. The Hall–Kier alpha value is -0.680. The van der Waals surface area contributed by atoms with Gasteiger partial charge >= 0.3 is 13.8 Å². The van der Waals surface area contributed by atoms with E-state index in [9.17, 15) is 9.36 Å². The molecule has 0 radical (unpaired) electrons. The average Bonchev–Trinajstić information content (AvgIpc) is 2.66. The van der Waals surface area contributed by atoms with E-state index in [4.69, 9.17) is 18.3 Å². The Morgan fingerprint density at radius 3 is 1.71 bits per heavy atom. The molecule has 0 saturated carbocycles. The number of rotatable bonds is 20. The summed E-state index contributed by atoms with van der Waals surface area (Å²) in [5.74, 6) is -0.647. The van der Waals surface area contributed by atoms with E-state index in [0.717, 1.165) is 44.6 Å². The maximum atomic E-state index is 12.9. The first-order chi connectivity index (χ1) is 13.5. The van der Waals surface area contributed by atoms with Crippen molar-refractivity contribution in [1.82, 2.24) is 0 Å². The molecule has 0 aromatic carbocycles. The fourth-order valence-corrected chi connectivity index (χ4v) is 3.94. The third-order valence-corrected chi connectivity index (χ3v) is 5.77. The van der Waals surface area contributed by atoms with Gasteiger partial charge in [0.05, 0.1) is 13.2 Å². The average molecular weight is 421 g/mol. The van der Waals surface area contributed by atoms with E-state index in [-0.39, 0.29) is 0 Å². The van der Waals surface area contributed by atoms with Gasteiger partial charge in [-0.1, -0.05) is 84.6 Å². The molecule has 0 N–H and O–H groups in total. The summed E-state index contributed by atoms with van der Waals surface area (Å²) >= 11 is 0. The molecule has 0 heterocycles. The molecule has 0 aromatic rings. The number of hydrogen-bond donors (Lipinski definition) is 0. The number of esters is 1. The van der Waals surface area contributed by atoms with Crippen molar-refractivity contribution in [2.75, 3.05) is 13.2 Å². The van der Waals surface area contributed by atoms with Crippen molar-refractivity contribution in [2.45, 2.75) is 104 Å². The Balaban J connectivity index is 4.33. The molecule has 6 nitrogen and oxygen atoms in total. The van der Waals surface area contributed by atoms with Crippen molar-refractivity contribution in [3.05, 3.63) is 12.7 Å². The topological polar surface area (TPSA) is 71.1 Å². The summed E-state index contributed by atoms with van der Waals surface area (Å²) in [5, 5.41) is 0. The van der Waals surface area contributed by atoms with Crippen LogP contribution >= 0.6 is 7.82 Å². The second-order valence-electron chi connectivity index (χ2n) is 6.96. The van der Waals surface area contributed by atoms with Crippen LogP contribution in [0.4, 0.5) is 0 Å². The summed E-state index contributed by atoms with van der Waals surface area (Å²) < 4.78 is 34.1. The summed E-state index contributed by atoms with van der Waals surface area (Å²) in [7, 11) is -3.78. The highest BCUT2D eigenvalue weighted by Crippen LogP contribution is 2.51. The third-order valence-electron chi connectivity index (χ3n) is 4.22. The van der Waals surface area contributed by atoms with E-state index in [0.29, 0.717) is 13.2 Å². The third kappa shape index (κ3) is 16.3. The van der Waals surface area contributed by atoms with Gasteiger partial charge in [-0.15, -0.1) is 0 Å². The van der Waals surface area contributed by atoms with E-state index < -0.39 is 20.1 Å². The molecule has 28 heavy (non-hydrogen) atoms. The predicted octanol–water partition coefficient (Wildman–Crippen LogP) is 6.94. The zero-order valence-electron chi connectivity index (χ0n) is 18.2. The van der Waals surface area contributed by atoms with E-state index in [1.165, 1.54) is 45.4 Å². The minimum Gasteiger partial charge on any atom is -0.432 e. The van der Waals surface area contributed by atoms with E-state index in [2.05, 4.69) is 20.4 Å². The Bertz CT molecular complexity index is 419. The molecule has 1 unspecified atom stereocenters. The van der Waals surface area contributed by atoms with Gasteiger partial charge in [-0.3, -0.25) is 9.05 Å². The summed E-state index contributed by atoms with van der Waals surface area (Å²) in [6.45, 7) is 9.76. The number of unbranched alkanes of at least 4 members (excludes halogenated alkanes) is 10. The van der Waals surface area contributed by atoms with E-state index in [1.807, 2.05) is 0 Å². The van der Waals surface area contributed by atoms with Crippen LogP contribution < -0.4 is 0 Å². The highest BCUT2D eigenvalue weighted by atomic mass is 31.2. The number of carbonyl (C=O) groups excluding carboxylic acids is 1. The van der Waals surface area contributed by atoms with Crippen LogP contribution in [0.1, 0.15) is 97.8 Å². The molecule has 0 aliphatic heterocycles. The Labute approximate surface area is 172 Å². The number of ether oxygens (including phenoxy) is 1. The number of phosphoric acid groups is 1. The Morgan fingerprint density at radius 2 is 1.29 bits per heavy atom. The second-order valence-corrected chi connectivity index (χ2v) is 8.58. The Morgan fingerprint density at radius 1 is 0.857 bits per heavy atom. The van der Waals surface area contributed by atoms with Crippen LogP contribution in [-0.4, -0.2) is 25.5 Å². The van der Waals surface area contributed by atoms with Gasteiger partial charge in [0.2, 0.25) is 6.29 Å². The summed E-state index contributed by atoms with van der Waals surface area (Å²) in [4.78, 5) is 11.3. The van der Waals surface area contributed by atoms with Gasteiger partial charge in [-0.2, -0.15) is 0 Å². The second kappa shape index (κ2) is 18.4. The molecule has 0 amide bonds. The van der Waals surface area contributed by atoms with Crippen LogP contribution in [-0.2, 0) is 27.7 Å². The van der Waals surface area contributed by atoms with Crippen molar-refractivity contribution < 1.29 is 27.7 Å². The lowest BCUT2D eigenvalue weighted by molar-refractivity contribution is -0.157. The van der Waals surface area contributed by atoms with Crippen molar-refractivity contribution in [3.63, 3.8) is 0 Å². The van der Waals surface area contributed by atoms with Crippen LogP contribution in [0.25, 0.3) is 0 Å². The molecule has 0 aliphatic carbocycles. The van der Waals surface area contributed by atoms with Crippen molar-refractivity contribution in [2.24, 2.45) is 0 Å². The highest BCUT2D eigenvalue weighted by molar-refractivity contribution is 7.48. The molecule has 7 heteroatoms. The maximum absolute atomic E-state index is 12.9. The van der Waals surface area contributed by atoms with Gasteiger partial charge in [0.15, 0.2) is 0 Å². The standard InChI is InChI=1S/C21H41O6P/c1-5-8-10-12-14-16-18-24-28(23,27-20(4)26-21(22)7-3)25-19-17-15-13-11-9-6-2/h7,20H,3,5-6,8-19H2,1-2,4H3. The molecule has 0 bridgehead atoms. The lowest BCUT2D eigenvalue weighted by atomic mass is 10.1. The number of hydrogen-bond acceptors (Lipinski definition) is 6. The lowest BCUT2D eigenvalue weighted by Crippen LogP contribution is -2.17. The molecule has 0 aliphatic rings. The van der Waals surface area contributed by atoms with Crippen LogP contribution in [0.3, 0.4) is 0 Å². The van der Waals surface area contributed by atoms with Crippen LogP contribution in [0.5, 0.6) is 0 Å². The minimum atomic E-state index is -3.78. The zero-order chi connectivity index (χ0) is 21.1. The SMILES string of the molecule is C=CC(=O)OC(C)OP(=O)(OCCCCCCCC)OCCCCCCCC. The first-order valence-corrected chi connectivity index (χ1v) is 12.3. The van der Waals surface area contributed by atoms with Gasteiger partial charge in [-0.05, 0) is 19.8 Å². The maximum Gasteiger partial charge on any atom is 0.477 e. The van der Waals surface area contributed by atoms with Crippen LogP contribution in [0, 0.1) is 0 Å². The molecule has 0 rings (SSSR count). The minimum absolute atomic E-state index is 0.294. The van der Waals surface area contributed by atoms with Gasteiger partial charge in [-0.25, -0.2) is 13.9 Å². The molecule has 0 spiro atoms. The predicted molar refractivity (Wildman–Crippen MR) is 113 cm³/mol. The van der Waals surface area contributed by atoms with Crippen molar-refractivity contribution in [3.8, 4) is 0 Å². The van der Waals surface area contributed by atoms with Crippen molar-refractivity contribution in [1.29, 1.82) is 0 Å². The summed E-state index contributed by atoms with van der Waals surface area (Å²) in [5.41, 5.74) is 0. The summed E-state index contributed by atoms with van der Waals surface area (Å²) in [6.07, 6.45) is 13.1. The van der Waals surface area contributed by atoms with Crippen LogP contribution in [0.2, 0.25) is 0 Å².